The summed E-state index contributed by atoms with van der Waals surface area (Å²) in [5.41, 5.74) is 6.92. The molecule has 1 aromatic rings. The Morgan fingerprint density at radius 1 is 1.21 bits per heavy atom. The third-order valence-electron chi connectivity index (χ3n) is 4.29. The highest BCUT2D eigenvalue weighted by atomic mass is 19.1. The number of halogens is 1. The highest BCUT2D eigenvalue weighted by Gasteiger charge is 2.30. The largest absolute Gasteiger partial charge is 0.497 e. The molecule has 0 bridgehead atoms. The molecule has 0 heterocycles. The van der Waals surface area contributed by atoms with Crippen molar-refractivity contribution in [2.75, 3.05) is 7.11 Å². The monoisotopic (exact) mass is 265 g/mol. The van der Waals surface area contributed by atoms with Crippen LogP contribution in [0.1, 0.15) is 44.7 Å². The lowest BCUT2D eigenvalue weighted by molar-refractivity contribution is 0.191. The molecule has 0 spiro atoms. The van der Waals surface area contributed by atoms with E-state index in [1.54, 1.807) is 19.2 Å². The van der Waals surface area contributed by atoms with E-state index in [1.165, 1.54) is 12.5 Å². The molecular weight excluding hydrogens is 241 g/mol. The topological polar surface area (TPSA) is 35.2 Å². The second-order valence-electron chi connectivity index (χ2n) is 6.09. The van der Waals surface area contributed by atoms with Crippen LogP contribution in [0.4, 0.5) is 4.39 Å². The van der Waals surface area contributed by atoms with Gasteiger partial charge in [-0.15, -0.1) is 0 Å². The quantitative estimate of drug-likeness (QED) is 0.899. The number of ether oxygens (including phenoxy) is 1. The second kappa shape index (κ2) is 5.91. The maximum Gasteiger partial charge on any atom is 0.131 e. The Hall–Kier alpha value is -1.09. The molecule has 0 aliphatic heterocycles. The number of methoxy groups -OCH3 is 1. The fourth-order valence-electron chi connectivity index (χ4n) is 3.46. The number of hydrogen-bond donors (Lipinski definition) is 1. The molecule has 1 aromatic carbocycles. The van der Waals surface area contributed by atoms with E-state index in [2.05, 4.69) is 13.8 Å². The number of nitrogens with two attached hydrogens (primary N) is 1. The molecule has 2 N–H and O–H groups in total. The van der Waals surface area contributed by atoms with Crippen molar-refractivity contribution in [1.82, 2.24) is 0 Å². The average Bonchev–Trinajstić information content (AvgIpc) is 2.36. The Labute approximate surface area is 115 Å². The normalized spacial score (nSPS) is 29.0. The van der Waals surface area contributed by atoms with Crippen LogP contribution in [0.3, 0.4) is 0 Å². The smallest absolute Gasteiger partial charge is 0.131 e. The van der Waals surface area contributed by atoms with Gasteiger partial charge in [0.15, 0.2) is 0 Å². The number of benzene rings is 1. The van der Waals surface area contributed by atoms with E-state index in [4.69, 9.17) is 10.5 Å². The van der Waals surface area contributed by atoms with E-state index in [-0.39, 0.29) is 11.9 Å². The van der Waals surface area contributed by atoms with E-state index in [0.29, 0.717) is 29.1 Å². The van der Waals surface area contributed by atoms with Gasteiger partial charge in [-0.05, 0) is 43.1 Å². The van der Waals surface area contributed by atoms with Crippen LogP contribution in [-0.2, 0) is 0 Å². The molecule has 0 saturated heterocycles. The van der Waals surface area contributed by atoms with Gasteiger partial charge < -0.3 is 10.5 Å². The molecule has 106 valence electrons. The highest BCUT2D eigenvalue weighted by Crippen LogP contribution is 2.39. The van der Waals surface area contributed by atoms with Gasteiger partial charge in [-0.1, -0.05) is 19.9 Å². The van der Waals surface area contributed by atoms with Crippen molar-refractivity contribution in [1.29, 1.82) is 0 Å². The van der Waals surface area contributed by atoms with Crippen LogP contribution in [-0.4, -0.2) is 7.11 Å². The molecule has 3 heteroatoms. The molecule has 3 unspecified atom stereocenters. The van der Waals surface area contributed by atoms with Gasteiger partial charge in [-0.25, -0.2) is 4.39 Å². The third-order valence-corrected chi connectivity index (χ3v) is 4.29. The van der Waals surface area contributed by atoms with E-state index in [1.807, 2.05) is 0 Å². The first kappa shape index (κ1) is 14.3. The van der Waals surface area contributed by atoms with Crippen LogP contribution in [0, 0.1) is 23.6 Å². The van der Waals surface area contributed by atoms with Crippen molar-refractivity contribution in [3.05, 3.63) is 29.6 Å². The lowest BCUT2D eigenvalue weighted by Crippen LogP contribution is -2.29. The molecule has 1 fully saturated rings. The standard InChI is InChI=1S/C16H24FNO/c1-10-6-11(2)8-12(7-10)16(18)14-5-4-13(19-3)9-15(14)17/h4-5,9-12,16H,6-8,18H2,1-3H3. The zero-order chi connectivity index (χ0) is 14.0. The molecule has 3 atom stereocenters. The Morgan fingerprint density at radius 3 is 2.37 bits per heavy atom. The molecule has 0 radical (unpaired) electrons. The van der Waals surface area contributed by atoms with Crippen LogP contribution >= 0.6 is 0 Å². The molecule has 0 amide bonds. The summed E-state index contributed by atoms with van der Waals surface area (Å²) in [5, 5.41) is 0. The fourth-order valence-corrected chi connectivity index (χ4v) is 3.46. The van der Waals surface area contributed by atoms with Gasteiger partial charge in [0.2, 0.25) is 0 Å². The molecule has 1 aliphatic carbocycles. The van der Waals surface area contributed by atoms with Crippen molar-refractivity contribution in [2.24, 2.45) is 23.5 Å². The van der Waals surface area contributed by atoms with E-state index in [9.17, 15) is 4.39 Å². The predicted molar refractivity (Wildman–Crippen MR) is 75.5 cm³/mol. The van der Waals surface area contributed by atoms with Gasteiger partial charge in [-0.3, -0.25) is 0 Å². The van der Waals surface area contributed by atoms with Crippen molar-refractivity contribution in [3.8, 4) is 5.75 Å². The van der Waals surface area contributed by atoms with Gasteiger partial charge in [0.1, 0.15) is 11.6 Å². The van der Waals surface area contributed by atoms with Crippen LogP contribution in [0.2, 0.25) is 0 Å². The van der Waals surface area contributed by atoms with Gasteiger partial charge in [-0.2, -0.15) is 0 Å². The van der Waals surface area contributed by atoms with Crippen molar-refractivity contribution in [2.45, 2.75) is 39.2 Å². The van der Waals surface area contributed by atoms with Gasteiger partial charge in [0.05, 0.1) is 7.11 Å². The first-order chi connectivity index (χ1) is 9.01. The van der Waals surface area contributed by atoms with Gasteiger partial charge in [0.25, 0.3) is 0 Å². The van der Waals surface area contributed by atoms with E-state index in [0.717, 1.165) is 12.8 Å². The minimum Gasteiger partial charge on any atom is -0.497 e. The zero-order valence-electron chi connectivity index (χ0n) is 12.0. The maximum absolute atomic E-state index is 14.1. The lowest BCUT2D eigenvalue weighted by Gasteiger charge is -2.35. The third kappa shape index (κ3) is 3.27. The molecule has 0 aromatic heterocycles. The van der Waals surface area contributed by atoms with Crippen molar-refractivity contribution < 1.29 is 9.13 Å². The number of rotatable bonds is 3. The Bertz CT molecular complexity index is 425. The fraction of sp³-hybridized carbons (Fsp3) is 0.625. The minimum absolute atomic E-state index is 0.212. The van der Waals surface area contributed by atoms with Crippen LogP contribution in [0.25, 0.3) is 0 Å². The lowest BCUT2D eigenvalue weighted by atomic mass is 9.72. The molecule has 2 rings (SSSR count). The Morgan fingerprint density at radius 2 is 1.84 bits per heavy atom. The summed E-state index contributed by atoms with van der Waals surface area (Å²) in [5.74, 6) is 2.03. The second-order valence-corrected chi connectivity index (χ2v) is 6.09. The summed E-state index contributed by atoms with van der Waals surface area (Å²) in [6.07, 6.45) is 3.45. The predicted octanol–water partition coefficient (Wildman–Crippen LogP) is 3.91. The molecule has 1 aliphatic rings. The highest BCUT2D eigenvalue weighted by molar-refractivity contribution is 5.31. The minimum atomic E-state index is -0.252. The van der Waals surface area contributed by atoms with E-state index >= 15 is 0 Å². The molecular formula is C16H24FNO. The molecule has 1 saturated carbocycles. The summed E-state index contributed by atoms with van der Waals surface area (Å²) < 4.78 is 19.1. The zero-order valence-corrected chi connectivity index (χ0v) is 12.0. The van der Waals surface area contributed by atoms with Crippen LogP contribution < -0.4 is 10.5 Å². The van der Waals surface area contributed by atoms with Crippen molar-refractivity contribution in [3.63, 3.8) is 0 Å². The SMILES string of the molecule is COc1ccc(C(N)C2CC(C)CC(C)C2)c(F)c1. The van der Waals surface area contributed by atoms with Gasteiger partial charge in [0, 0.05) is 17.7 Å². The number of hydrogen-bond acceptors (Lipinski definition) is 2. The Balaban J connectivity index is 2.16. The average molecular weight is 265 g/mol. The van der Waals surface area contributed by atoms with E-state index < -0.39 is 0 Å². The summed E-state index contributed by atoms with van der Waals surface area (Å²) >= 11 is 0. The van der Waals surface area contributed by atoms with Crippen molar-refractivity contribution >= 4 is 0 Å². The Kier molecular flexibility index (Phi) is 4.46. The van der Waals surface area contributed by atoms with Crippen LogP contribution in [0.5, 0.6) is 5.75 Å². The summed E-state index contributed by atoms with van der Waals surface area (Å²) in [7, 11) is 1.54. The first-order valence-electron chi connectivity index (χ1n) is 7.10. The summed E-state index contributed by atoms with van der Waals surface area (Å²) in [6, 6.07) is 4.76. The van der Waals surface area contributed by atoms with Gasteiger partial charge >= 0.3 is 0 Å². The first-order valence-corrected chi connectivity index (χ1v) is 7.10. The molecule has 19 heavy (non-hydrogen) atoms. The maximum atomic E-state index is 14.1. The summed E-state index contributed by atoms with van der Waals surface area (Å²) in [4.78, 5) is 0. The molecule has 2 nitrogen and oxygen atoms in total. The summed E-state index contributed by atoms with van der Waals surface area (Å²) in [6.45, 7) is 4.53. The van der Waals surface area contributed by atoms with Crippen LogP contribution in [0.15, 0.2) is 18.2 Å².